The molecular weight excluding hydrogens is 422 g/mol. The molecule has 1 unspecified atom stereocenters. The van der Waals surface area contributed by atoms with E-state index < -0.39 is 6.10 Å². The van der Waals surface area contributed by atoms with Gasteiger partial charge in [0.1, 0.15) is 11.9 Å². The quantitative estimate of drug-likeness (QED) is 0.592. The molecule has 1 saturated heterocycles. The van der Waals surface area contributed by atoms with Crippen LogP contribution < -0.4 is 5.32 Å². The number of hydrogen-bond acceptors (Lipinski definition) is 7. The minimum atomic E-state index is -0.465. The van der Waals surface area contributed by atoms with Crippen LogP contribution in [0.25, 0.3) is 10.9 Å². The predicted octanol–water partition coefficient (Wildman–Crippen LogP) is 1.95. The summed E-state index contributed by atoms with van der Waals surface area (Å²) in [5.74, 6) is 0.308. The Morgan fingerprint density at radius 1 is 1.27 bits per heavy atom. The lowest BCUT2D eigenvalue weighted by atomic mass is 10.0. The van der Waals surface area contributed by atoms with Gasteiger partial charge in [-0.15, -0.1) is 0 Å². The standard InChI is InChI=1S/C24H27N5O4/c1-25-22-13-16(7-8-26-22)23(31)29-10-12-33-21(15-29)20-14-18(24(32)28(2)9-11-30)17-5-3-4-6-19(17)27-20/h3-8,13-14,21,30H,9-12,15H2,1-2H3,(H,25,26). The van der Waals surface area contributed by atoms with E-state index in [-0.39, 0.29) is 25.0 Å². The van der Waals surface area contributed by atoms with Gasteiger partial charge in [0, 0.05) is 44.3 Å². The molecule has 172 valence electrons. The van der Waals surface area contributed by atoms with Gasteiger partial charge < -0.3 is 25.0 Å². The van der Waals surface area contributed by atoms with Crippen molar-refractivity contribution in [2.45, 2.75) is 6.10 Å². The molecule has 0 saturated carbocycles. The number of pyridine rings is 2. The van der Waals surface area contributed by atoms with E-state index in [0.29, 0.717) is 47.9 Å². The molecule has 3 aromatic rings. The van der Waals surface area contributed by atoms with E-state index in [2.05, 4.69) is 10.3 Å². The SMILES string of the molecule is CNc1cc(C(=O)N2CCOC(c3cc(C(=O)N(C)CCO)c4ccccc4n3)C2)ccn1. The summed E-state index contributed by atoms with van der Waals surface area (Å²) < 4.78 is 5.97. The molecule has 2 amide bonds. The molecule has 1 fully saturated rings. The molecule has 1 atom stereocenters. The van der Waals surface area contributed by atoms with Gasteiger partial charge in [0.15, 0.2) is 0 Å². The van der Waals surface area contributed by atoms with Crippen molar-refractivity contribution in [1.82, 2.24) is 19.8 Å². The van der Waals surface area contributed by atoms with Gasteiger partial charge in [-0.05, 0) is 24.3 Å². The number of aliphatic hydroxyl groups is 1. The van der Waals surface area contributed by atoms with Gasteiger partial charge >= 0.3 is 0 Å². The average Bonchev–Trinajstić information content (AvgIpc) is 2.87. The van der Waals surface area contributed by atoms with Gasteiger partial charge in [0.05, 0.1) is 36.5 Å². The van der Waals surface area contributed by atoms with Crippen molar-refractivity contribution in [2.24, 2.45) is 0 Å². The van der Waals surface area contributed by atoms with Crippen LogP contribution in [0.3, 0.4) is 0 Å². The minimum absolute atomic E-state index is 0.109. The first-order valence-corrected chi connectivity index (χ1v) is 10.8. The molecule has 4 rings (SSSR count). The predicted molar refractivity (Wildman–Crippen MR) is 124 cm³/mol. The van der Waals surface area contributed by atoms with Crippen LogP contribution in [0.1, 0.15) is 32.5 Å². The number of hydrogen-bond donors (Lipinski definition) is 2. The van der Waals surface area contributed by atoms with E-state index in [1.807, 2.05) is 24.3 Å². The highest BCUT2D eigenvalue weighted by Gasteiger charge is 2.29. The summed E-state index contributed by atoms with van der Waals surface area (Å²) in [6.45, 7) is 1.26. The van der Waals surface area contributed by atoms with Crippen LogP contribution in [-0.2, 0) is 4.74 Å². The van der Waals surface area contributed by atoms with Crippen LogP contribution in [0.5, 0.6) is 0 Å². The van der Waals surface area contributed by atoms with Crippen molar-refractivity contribution in [3.63, 3.8) is 0 Å². The van der Waals surface area contributed by atoms with Crippen LogP contribution in [0.2, 0.25) is 0 Å². The number of nitrogens with one attached hydrogen (secondary N) is 1. The first kappa shape index (κ1) is 22.6. The average molecular weight is 450 g/mol. The minimum Gasteiger partial charge on any atom is -0.395 e. The number of aromatic nitrogens is 2. The number of fused-ring (bicyclic) bond motifs is 1. The van der Waals surface area contributed by atoms with E-state index in [9.17, 15) is 14.7 Å². The molecule has 9 heteroatoms. The molecule has 2 aromatic heterocycles. The number of benzene rings is 1. The van der Waals surface area contributed by atoms with E-state index in [1.54, 1.807) is 43.4 Å². The Balaban J connectivity index is 1.64. The Bertz CT molecular complexity index is 1170. The first-order valence-electron chi connectivity index (χ1n) is 10.8. The molecule has 33 heavy (non-hydrogen) atoms. The molecule has 1 aliphatic rings. The van der Waals surface area contributed by atoms with Crippen molar-refractivity contribution >= 4 is 28.5 Å². The van der Waals surface area contributed by atoms with Crippen molar-refractivity contribution in [1.29, 1.82) is 0 Å². The Morgan fingerprint density at radius 2 is 2.09 bits per heavy atom. The maximum absolute atomic E-state index is 13.1. The molecule has 1 aliphatic heterocycles. The second-order valence-electron chi connectivity index (χ2n) is 7.85. The third-order valence-electron chi connectivity index (χ3n) is 5.70. The van der Waals surface area contributed by atoms with Crippen molar-refractivity contribution in [3.8, 4) is 0 Å². The molecule has 2 N–H and O–H groups in total. The van der Waals surface area contributed by atoms with Gasteiger partial charge in [0.25, 0.3) is 11.8 Å². The highest BCUT2D eigenvalue weighted by molar-refractivity contribution is 6.06. The zero-order valence-corrected chi connectivity index (χ0v) is 18.7. The highest BCUT2D eigenvalue weighted by Crippen LogP contribution is 2.27. The molecular formula is C24H27N5O4. The van der Waals surface area contributed by atoms with Crippen LogP contribution in [0, 0.1) is 0 Å². The number of para-hydroxylation sites is 1. The van der Waals surface area contributed by atoms with Gasteiger partial charge in [-0.25, -0.2) is 9.97 Å². The van der Waals surface area contributed by atoms with Gasteiger partial charge in [-0.3, -0.25) is 9.59 Å². The number of ether oxygens (including phenoxy) is 1. The molecule has 0 radical (unpaired) electrons. The second kappa shape index (κ2) is 9.93. The van der Waals surface area contributed by atoms with Crippen LogP contribution >= 0.6 is 0 Å². The number of carbonyl (C=O) groups is 2. The van der Waals surface area contributed by atoms with Crippen molar-refractivity contribution in [2.75, 3.05) is 52.3 Å². The van der Waals surface area contributed by atoms with Crippen LogP contribution in [0.15, 0.2) is 48.7 Å². The maximum Gasteiger partial charge on any atom is 0.254 e. The summed E-state index contributed by atoms with van der Waals surface area (Å²) >= 11 is 0. The molecule has 0 aliphatic carbocycles. The lowest BCUT2D eigenvalue weighted by Crippen LogP contribution is -2.42. The molecule has 0 bridgehead atoms. The van der Waals surface area contributed by atoms with E-state index in [4.69, 9.17) is 9.72 Å². The lowest BCUT2D eigenvalue weighted by molar-refractivity contribution is -0.0246. The number of carbonyl (C=O) groups excluding carboxylic acids is 2. The van der Waals surface area contributed by atoms with Gasteiger partial charge in [0.2, 0.25) is 0 Å². The van der Waals surface area contributed by atoms with Gasteiger partial charge in [-0.1, -0.05) is 18.2 Å². The zero-order chi connectivity index (χ0) is 23.4. The normalized spacial score (nSPS) is 16.0. The summed E-state index contributed by atoms with van der Waals surface area (Å²) in [5, 5.41) is 12.9. The molecule has 1 aromatic carbocycles. The third-order valence-corrected chi connectivity index (χ3v) is 5.70. The summed E-state index contributed by atoms with van der Waals surface area (Å²) in [7, 11) is 3.41. The maximum atomic E-state index is 13.1. The fraction of sp³-hybridized carbons (Fsp3) is 0.333. The molecule has 9 nitrogen and oxygen atoms in total. The Labute approximate surface area is 192 Å². The summed E-state index contributed by atoms with van der Waals surface area (Å²) in [5.41, 5.74) is 2.31. The lowest BCUT2D eigenvalue weighted by Gasteiger charge is -2.33. The Morgan fingerprint density at radius 3 is 2.88 bits per heavy atom. The van der Waals surface area contributed by atoms with E-state index >= 15 is 0 Å². The largest absolute Gasteiger partial charge is 0.395 e. The Hall–Kier alpha value is -3.56. The summed E-state index contributed by atoms with van der Waals surface area (Å²) in [4.78, 5) is 38.3. The topological polar surface area (TPSA) is 108 Å². The molecule has 3 heterocycles. The number of amides is 2. The zero-order valence-electron chi connectivity index (χ0n) is 18.7. The summed E-state index contributed by atoms with van der Waals surface area (Å²) in [6.07, 6.45) is 1.13. The van der Waals surface area contributed by atoms with Gasteiger partial charge in [-0.2, -0.15) is 0 Å². The summed E-state index contributed by atoms with van der Waals surface area (Å²) in [6, 6.07) is 12.6. The highest BCUT2D eigenvalue weighted by atomic mass is 16.5. The Kier molecular flexibility index (Phi) is 6.81. The molecule has 0 spiro atoms. The number of morpholine rings is 1. The third kappa shape index (κ3) is 4.79. The fourth-order valence-corrected chi connectivity index (χ4v) is 3.89. The number of aliphatic hydroxyl groups excluding tert-OH is 1. The van der Waals surface area contributed by atoms with Crippen molar-refractivity contribution < 1.29 is 19.4 Å². The first-order chi connectivity index (χ1) is 16.0. The van der Waals surface area contributed by atoms with Crippen LogP contribution in [0.4, 0.5) is 5.82 Å². The number of likely N-dealkylation sites (N-methyl/N-ethyl adjacent to an activating group) is 1. The second-order valence-corrected chi connectivity index (χ2v) is 7.85. The number of anilines is 1. The monoisotopic (exact) mass is 449 g/mol. The number of rotatable bonds is 6. The number of nitrogens with zero attached hydrogens (tertiary/aromatic N) is 4. The van der Waals surface area contributed by atoms with E-state index in [1.165, 1.54) is 4.90 Å². The smallest absolute Gasteiger partial charge is 0.254 e. The van der Waals surface area contributed by atoms with Crippen LogP contribution in [-0.4, -0.2) is 83.6 Å². The fourth-order valence-electron chi connectivity index (χ4n) is 3.89. The van der Waals surface area contributed by atoms with Crippen molar-refractivity contribution in [3.05, 3.63) is 65.5 Å². The van der Waals surface area contributed by atoms with E-state index in [0.717, 1.165) is 5.39 Å².